The number of benzene rings is 2. The summed E-state index contributed by atoms with van der Waals surface area (Å²) in [7, 11) is 0. The second-order valence-corrected chi connectivity index (χ2v) is 5.42. The molecular weight excluding hydrogens is 352 g/mol. The van der Waals surface area contributed by atoms with Crippen molar-refractivity contribution in [2.24, 2.45) is 0 Å². The topological polar surface area (TPSA) is 49.4 Å². The molecule has 0 saturated carbocycles. The number of halogens is 4. The number of likely N-dealkylation sites (N-methyl/N-ethyl adjacent to an activating group) is 1. The smallest absolute Gasteiger partial charge is 0.330 e. The lowest BCUT2D eigenvalue weighted by Gasteiger charge is -2.21. The highest BCUT2D eigenvalue weighted by Crippen LogP contribution is 2.34. The Labute approximate surface area is 147 Å². The SMILES string of the molecule is CCN(CC(=O)Nc1ccccc1C(F)(F)F)C(=O)c1ccc(F)cc1. The first kappa shape index (κ1) is 19.4. The van der Waals surface area contributed by atoms with Crippen molar-refractivity contribution >= 4 is 17.5 Å². The summed E-state index contributed by atoms with van der Waals surface area (Å²) < 4.78 is 51.8. The number of nitrogens with one attached hydrogen (secondary N) is 1. The highest BCUT2D eigenvalue weighted by atomic mass is 19.4. The lowest BCUT2D eigenvalue weighted by molar-refractivity contribution is -0.137. The van der Waals surface area contributed by atoms with Crippen LogP contribution in [0, 0.1) is 5.82 Å². The van der Waals surface area contributed by atoms with Gasteiger partial charge in [0.15, 0.2) is 0 Å². The van der Waals surface area contributed by atoms with Crippen LogP contribution in [0.4, 0.5) is 23.2 Å². The minimum Gasteiger partial charge on any atom is -0.330 e. The Kier molecular flexibility index (Phi) is 5.97. The highest BCUT2D eigenvalue weighted by Gasteiger charge is 2.33. The van der Waals surface area contributed by atoms with Crippen LogP contribution < -0.4 is 5.32 Å². The summed E-state index contributed by atoms with van der Waals surface area (Å²) in [5.41, 5.74) is -1.17. The third-order valence-corrected chi connectivity index (χ3v) is 3.60. The van der Waals surface area contributed by atoms with Gasteiger partial charge in [0, 0.05) is 12.1 Å². The summed E-state index contributed by atoms with van der Waals surface area (Å²) in [6, 6.07) is 9.35. The third kappa shape index (κ3) is 4.81. The average molecular weight is 368 g/mol. The van der Waals surface area contributed by atoms with Crippen LogP contribution in [0.1, 0.15) is 22.8 Å². The third-order valence-electron chi connectivity index (χ3n) is 3.60. The van der Waals surface area contributed by atoms with Crippen LogP contribution >= 0.6 is 0 Å². The van der Waals surface area contributed by atoms with E-state index in [1.807, 2.05) is 0 Å². The van der Waals surface area contributed by atoms with Crippen molar-refractivity contribution in [3.05, 3.63) is 65.5 Å². The van der Waals surface area contributed by atoms with Crippen LogP contribution in [-0.2, 0) is 11.0 Å². The van der Waals surface area contributed by atoms with Gasteiger partial charge in [-0.25, -0.2) is 4.39 Å². The van der Waals surface area contributed by atoms with Crippen LogP contribution in [0.25, 0.3) is 0 Å². The standard InChI is InChI=1S/C18H16F4N2O2/c1-2-24(17(26)12-7-9-13(19)10-8-12)11-16(25)23-15-6-4-3-5-14(15)18(20,21)22/h3-10H,2,11H2,1H3,(H,23,25). The number of hydrogen-bond acceptors (Lipinski definition) is 2. The molecule has 0 bridgehead atoms. The van der Waals surface area contributed by atoms with E-state index in [-0.39, 0.29) is 17.8 Å². The molecule has 0 saturated heterocycles. The van der Waals surface area contributed by atoms with E-state index in [4.69, 9.17) is 0 Å². The zero-order chi connectivity index (χ0) is 19.3. The van der Waals surface area contributed by atoms with E-state index in [0.717, 1.165) is 29.2 Å². The fourth-order valence-corrected chi connectivity index (χ4v) is 2.30. The summed E-state index contributed by atoms with van der Waals surface area (Å²) in [6.45, 7) is 1.35. The molecule has 0 heterocycles. The summed E-state index contributed by atoms with van der Waals surface area (Å²) >= 11 is 0. The van der Waals surface area contributed by atoms with Gasteiger partial charge < -0.3 is 10.2 Å². The monoisotopic (exact) mass is 368 g/mol. The Morgan fingerprint density at radius 1 is 1.04 bits per heavy atom. The first-order valence-electron chi connectivity index (χ1n) is 7.73. The van der Waals surface area contributed by atoms with E-state index < -0.39 is 35.9 Å². The Bertz CT molecular complexity index is 789. The van der Waals surface area contributed by atoms with E-state index in [1.54, 1.807) is 6.92 Å². The van der Waals surface area contributed by atoms with Crippen LogP contribution in [0.2, 0.25) is 0 Å². The summed E-state index contributed by atoms with van der Waals surface area (Å²) in [6.07, 6.45) is -4.61. The van der Waals surface area contributed by atoms with Crippen LogP contribution in [0.3, 0.4) is 0 Å². The van der Waals surface area contributed by atoms with E-state index in [0.29, 0.717) is 0 Å². The fourth-order valence-electron chi connectivity index (χ4n) is 2.30. The van der Waals surface area contributed by atoms with Crippen LogP contribution in [0.15, 0.2) is 48.5 Å². The molecule has 0 spiro atoms. The van der Waals surface area contributed by atoms with Crippen molar-refractivity contribution in [3.8, 4) is 0 Å². The van der Waals surface area contributed by atoms with Gasteiger partial charge in [0.25, 0.3) is 5.91 Å². The molecule has 0 atom stereocenters. The number of nitrogens with zero attached hydrogens (tertiary/aromatic N) is 1. The van der Waals surface area contributed by atoms with Crippen molar-refractivity contribution < 1.29 is 27.2 Å². The predicted molar refractivity (Wildman–Crippen MR) is 88.1 cm³/mol. The average Bonchev–Trinajstić information content (AvgIpc) is 2.59. The molecule has 0 aliphatic carbocycles. The molecule has 4 nitrogen and oxygen atoms in total. The fraction of sp³-hybridized carbons (Fsp3) is 0.222. The predicted octanol–water partition coefficient (Wildman–Crippen LogP) is 3.95. The maximum Gasteiger partial charge on any atom is 0.418 e. The van der Waals surface area contributed by atoms with Crippen molar-refractivity contribution in [1.29, 1.82) is 0 Å². The Morgan fingerprint density at radius 3 is 2.23 bits per heavy atom. The minimum absolute atomic E-state index is 0.157. The number of alkyl halides is 3. The van der Waals surface area contributed by atoms with E-state index in [9.17, 15) is 27.2 Å². The molecule has 0 aliphatic rings. The van der Waals surface area contributed by atoms with E-state index in [2.05, 4.69) is 5.32 Å². The molecular formula is C18H16F4N2O2. The summed E-state index contributed by atoms with van der Waals surface area (Å²) in [5, 5.41) is 2.18. The lowest BCUT2D eigenvalue weighted by atomic mass is 10.1. The second kappa shape index (κ2) is 7.99. The first-order valence-corrected chi connectivity index (χ1v) is 7.73. The zero-order valence-electron chi connectivity index (χ0n) is 13.8. The van der Waals surface area contributed by atoms with E-state index in [1.165, 1.54) is 24.3 Å². The Morgan fingerprint density at radius 2 is 1.65 bits per heavy atom. The van der Waals surface area contributed by atoms with Crippen molar-refractivity contribution in [2.75, 3.05) is 18.4 Å². The Balaban J connectivity index is 2.11. The molecule has 0 aliphatic heterocycles. The first-order chi connectivity index (χ1) is 12.2. The number of anilines is 1. The van der Waals surface area contributed by atoms with Crippen molar-refractivity contribution in [2.45, 2.75) is 13.1 Å². The number of hydrogen-bond donors (Lipinski definition) is 1. The Hall–Kier alpha value is -2.90. The second-order valence-electron chi connectivity index (χ2n) is 5.42. The van der Waals surface area contributed by atoms with Gasteiger partial charge in [0.05, 0.1) is 11.3 Å². The molecule has 26 heavy (non-hydrogen) atoms. The quantitative estimate of drug-likeness (QED) is 0.813. The highest BCUT2D eigenvalue weighted by molar-refractivity contribution is 5.99. The molecule has 2 aromatic rings. The van der Waals surface area contributed by atoms with Gasteiger partial charge in [-0.05, 0) is 43.3 Å². The summed E-state index contributed by atoms with van der Waals surface area (Å²) in [4.78, 5) is 25.6. The molecule has 0 radical (unpaired) electrons. The maximum absolute atomic E-state index is 13.0. The van der Waals surface area contributed by atoms with Gasteiger partial charge in [-0.3, -0.25) is 9.59 Å². The van der Waals surface area contributed by atoms with E-state index >= 15 is 0 Å². The van der Waals surface area contributed by atoms with Gasteiger partial charge in [-0.15, -0.1) is 0 Å². The molecule has 2 amide bonds. The summed E-state index contributed by atoms with van der Waals surface area (Å²) in [5.74, 6) is -1.79. The molecule has 138 valence electrons. The van der Waals surface area contributed by atoms with Crippen LogP contribution in [-0.4, -0.2) is 29.8 Å². The van der Waals surface area contributed by atoms with Gasteiger partial charge >= 0.3 is 6.18 Å². The normalized spacial score (nSPS) is 11.1. The number of rotatable bonds is 5. The van der Waals surface area contributed by atoms with Crippen molar-refractivity contribution in [1.82, 2.24) is 4.90 Å². The number of amides is 2. The minimum atomic E-state index is -4.61. The molecule has 1 N–H and O–H groups in total. The molecule has 2 aromatic carbocycles. The lowest BCUT2D eigenvalue weighted by Crippen LogP contribution is -2.38. The molecule has 0 unspecified atom stereocenters. The molecule has 8 heteroatoms. The van der Waals surface area contributed by atoms with Crippen molar-refractivity contribution in [3.63, 3.8) is 0 Å². The maximum atomic E-state index is 13.0. The molecule has 2 rings (SSSR count). The van der Waals surface area contributed by atoms with Gasteiger partial charge in [-0.2, -0.15) is 13.2 Å². The number of carbonyl (C=O) groups excluding carboxylic acids is 2. The van der Waals surface area contributed by atoms with Crippen LogP contribution in [0.5, 0.6) is 0 Å². The largest absolute Gasteiger partial charge is 0.418 e. The van der Waals surface area contributed by atoms with Gasteiger partial charge in [-0.1, -0.05) is 12.1 Å². The number of carbonyl (C=O) groups is 2. The number of para-hydroxylation sites is 1. The zero-order valence-corrected chi connectivity index (χ0v) is 13.8. The van der Waals surface area contributed by atoms with Gasteiger partial charge in [0.2, 0.25) is 5.91 Å². The molecule has 0 aromatic heterocycles. The molecule has 0 fully saturated rings. The van der Waals surface area contributed by atoms with Gasteiger partial charge in [0.1, 0.15) is 12.4 Å².